The first-order chi connectivity index (χ1) is 12.9. The lowest BCUT2D eigenvalue weighted by Crippen LogP contribution is -2.36. The van der Waals surface area contributed by atoms with E-state index in [2.05, 4.69) is 96.3 Å². The molecule has 132 valence electrons. The van der Waals surface area contributed by atoms with Gasteiger partial charge in [-0.2, -0.15) is 0 Å². The molecule has 1 N–H and O–H groups in total. The molecule has 26 heavy (non-hydrogen) atoms. The van der Waals surface area contributed by atoms with Crippen LogP contribution in [0.4, 0.5) is 0 Å². The SMILES string of the molecule is c1ccc(C2CCC(NC(c3ccccc3)c3ccccc3)CC2)cc1. The molecule has 0 atom stereocenters. The van der Waals surface area contributed by atoms with Crippen LogP contribution >= 0.6 is 0 Å². The maximum absolute atomic E-state index is 3.96. The van der Waals surface area contributed by atoms with Crippen LogP contribution in [0.15, 0.2) is 91.0 Å². The molecule has 0 aliphatic heterocycles. The van der Waals surface area contributed by atoms with Crippen molar-refractivity contribution >= 4 is 0 Å². The van der Waals surface area contributed by atoms with Crippen LogP contribution in [0.3, 0.4) is 0 Å². The Morgan fingerprint density at radius 1 is 0.577 bits per heavy atom. The number of hydrogen-bond donors (Lipinski definition) is 1. The molecular formula is C25H27N. The lowest BCUT2D eigenvalue weighted by Gasteiger charge is -2.33. The highest BCUT2D eigenvalue weighted by Crippen LogP contribution is 2.34. The molecule has 0 saturated heterocycles. The lowest BCUT2D eigenvalue weighted by molar-refractivity contribution is 0.328. The Hall–Kier alpha value is -2.38. The Morgan fingerprint density at radius 3 is 1.54 bits per heavy atom. The van der Waals surface area contributed by atoms with Gasteiger partial charge in [-0.1, -0.05) is 91.0 Å². The van der Waals surface area contributed by atoms with Crippen LogP contribution in [0.25, 0.3) is 0 Å². The number of benzene rings is 3. The van der Waals surface area contributed by atoms with Crippen LogP contribution in [0.2, 0.25) is 0 Å². The Morgan fingerprint density at radius 2 is 1.04 bits per heavy atom. The Labute approximate surface area is 157 Å². The molecule has 4 rings (SSSR count). The monoisotopic (exact) mass is 341 g/mol. The molecule has 3 aromatic rings. The number of hydrogen-bond acceptors (Lipinski definition) is 1. The van der Waals surface area contributed by atoms with Crippen LogP contribution in [0, 0.1) is 0 Å². The maximum atomic E-state index is 3.96. The molecule has 0 aromatic heterocycles. The average molecular weight is 341 g/mol. The van der Waals surface area contributed by atoms with E-state index in [1.807, 2.05) is 0 Å². The molecule has 0 heterocycles. The van der Waals surface area contributed by atoms with Crippen LogP contribution in [-0.2, 0) is 0 Å². The Balaban J connectivity index is 1.46. The Bertz CT molecular complexity index is 735. The molecule has 3 aromatic carbocycles. The fourth-order valence-electron chi connectivity index (χ4n) is 4.23. The third-order valence-electron chi connectivity index (χ3n) is 5.67. The van der Waals surface area contributed by atoms with Gasteiger partial charge < -0.3 is 5.32 Å². The van der Waals surface area contributed by atoms with Gasteiger partial charge in [-0.25, -0.2) is 0 Å². The van der Waals surface area contributed by atoms with Crippen molar-refractivity contribution in [3.63, 3.8) is 0 Å². The molecule has 1 aliphatic rings. The van der Waals surface area contributed by atoms with Gasteiger partial charge in [-0.15, -0.1) is 0 Å². The zero-order chi connectivity index (χ0) is 17.6. The van der Waals surface area contributed by atoms with Gasteiger partial charge in [0, 0.05) is 6.04 Å². The second-order valence-electron chi connectivity index (χ2n) is 7.38. The van der Waals surface area contributed by atoms with E-state index in [1.165, 1.54) is 42.4 Å². The predicted octanol–water partition coefficient (Wildman–Crippen LogP) is 6.09. The van der Waals surface area contributed by atoms with Crippen molar-refractivity contribution in [2.75, 3.05) is 0 Å². The number of rotatable bonds is 5. The highest BCUT2D eigenvalue weighted by Gasteiger charge is 2.25. The van der Waals surface area contributed by atoms with Crippen molar-refractivity contribution in [1.29, 1.82) is 0 Å². The predicted molar refractivity (Wildman–Crippen MR) is 109 cm³/mol. The average Bonchev–Trinajstić information content (AvgIpc) is 2.74. The highest BCUT2D eigenvalue weighted by molar-refractivity contribution is 5.32. The lowest BCUT2D eigenvalue weighted by atomic mass is 9.81. The first-order valence-corrected chi connectivity index (χ1v) is 9.81. The third-order valence-corrected chi connectivity index (χ3v) is 5.67. The smallest absolute Gasteiger partial charge is 0.0578 e. The van der Waals surface area contributed by atoms with Crippen molar-refractivity contribution < 1.29 is 0 Å². The molecule has 1 aliphatic carbocycles. The normalized spacial score (nSPS) is 20.2. The summed E-state index contributed by atoms with van der Waals surface area (Å²) in [6.07, 6.45) is 5.04. The van der Waals surface area contributed by atoms with Gasteiger partial charge in [0.1, 0.15) is 0 Å². The van der Waals surface area contributed by atoms with Gasteiger partial charge in [0.2, 0.25) is 0 Å². The van der Waals surface area contributed by atoms with Gasteiger partial charge in [-0.3, -0.25) is 0 Å². The highest BCUT2D eigenvalue weighted by atomic mass is 15.0. The standard InChI is InChI=1S/C25H27N/c1-4-10-20(11-5-1)21-16-18-24(19-17-21)26-25(22-12-6-2-7-13-22)23-14-8-3-9-15-23/h1-15,21,24-26H,16-19H2. The summed E-state index contributed by atoms with van der Waals surface area (Å²) in [6.45, 7) is 0. The van der Waals surface area contributed by atoms with E-state index in [9.17, 15) is 0 Å². The van der Waals surface area contributed by atoms with Crippen LogP contribution < -0.4 is 5.32 Å². The summed E-state index contributed by atoms with van der Waals surface area (Å²) in [5, 5.41) is 3.96. The second-order valence-corrected chi connectivity index (χ2v) is 7.38. The molecule has 1 heteroatoms. The second kappa shape index (κ2) is 8.33. The summed E-state index contributed by atoms with van der Waals surface area (Å²) in [4.78, 5) is 0. The molecule has 1 nitrogen and oxygen atoms in total. The van der Waals surface area contributed by atoms with E-state index in [1.54, 1.807) is 0 Å². The van der Waals surface area contributed by atoms with Crippen LogP contribution in [0.1, 0.15) is 54.3 Å². The van der Waals surface area contributed by atoms with E-state index in [-0.39, 0.29) is 6.04 Å². The topological polar surface area (TPSA) is 12.0 Å². The largest absolute Gasteiger partial charge is 0.303 e. The van der Waals surface area contributed by atoms with E-state index in [4.69, 9.17) is 0 Å². The van der Waals surface area contributed by atoms with E-state index in [0.717, 1.165) is 5.92 Å². The minimum absolute atomic E-state index is 0.274. The molecule has 1 fully saturated rings. The zero-order valence-corrected chi connectivity index (χ0v) is 15.2. The molecule has 0 unspecified atom stereocenters. The van der Waals surface area contributed by atoms with Gasteiger partial charge in [0.25, 0.3) is 0 Å². The first-order valence-electron chi connectivity index (χ1n) is 9.81. The zero-order valence-electron chi connectivity index (χ0n) is 15.2. The molecule has 0 amide bonds. The molecule has 0 bridgehead atoms. The van der Waals surface area contributed by atoms with E-state index < -0.39 is 0 Å². The quantitative estimate of drug-likeness (QED) is 0.592. The van der Waals surface area contributed by atoms with Gasteiger partial charge >= 0.3 is 0 Å². The maximum Gasteiger partial charge on any atom is 0.0578 e. The fourth-order valence-corrected chi connectivity index (χ4v) is 4.23. The fraction of sp³-hybridized carbons (Fsp3) is 0.280. The first kappa shape index (κ1) is 17.1. The molecule has 0 spiro atoms. The van der Waals surface area contributed by atoms with Crippen LogP contribution in [-0.4, -0.2) is 6.04 Å². The van der Waals surface area contributed by atoms with E-state index >= 15 is 0 Å². The number of nitrogens with one attached hydrogen (secondary N) is 1. The van der Waals surface area contributed by atoms with Crippen LogP contribution in [0.5, 0.6) is 0 Å². The van der Waals surface area contributed by atoms with Gasteiger partial charge in [0.05, 0.1) is 6.04 Å². The van der Waals surface area contributed by atoms with Crippen molar-refractivity contribution in [2.24, 2.45) is 0 Å². The van der Waals surface area contributed by atoms with Gasteiger partial charge in [0.15, 0.2) is 0 Å². The third kappa shape index (κ3) is 4.05. The summed E-state index contributed by atoms with van der Waals surface area (Å²) in [5.41, 5.74) is 4.21. The Kier molecular flexibility index (Phi) is 5.47. The summed E-state index contributed by atoms with van der Waals surface area (Å²) in [6, 6.07) is 33.6. The van der Waals surface area contributed by atoms with Crippen molar-refractivity contribution in [2.45, 2.75) is 43.7 Å². The summed E-state index contributed by atoms with van der Waals surface area (Å²) in [7, 11) is 0. The summed E-state index contributed by atoms with van der Waals surface area (Å²) >= 11 is 0. The minimum atomic E-state index is 0.274. The van der Waals surface area contributed by atoms with Crippen molar-refractivity contribution in [1.82, 2.24) is 5.32 Å². The summed E-state index contributed by atoms with van der Waals surface area (Å²) < 4.78 is 0. The van der Waals surface area contributed by atoms with Crippen molar-refractivity contribution in [3.8, 4) is 0 Å². The molecule has 0 radical (unpaired) electrons. The molecular weight excluding hydrogens is 314 g/mol. The van der Waals surface area contributed by atoms with Gasteiger partial charge in [-0.05, 0) is 48.3 Å². The summed E-state index contributed by atoms with van der Waals surface area (Å²) in [5.74, 6) is 0.723. The minimum Gasteiger partial charge on any atom is -0.303 e. The van der Waals surface area contributed by atoms with Crippen molar-refractivity contribution in [3.05, 3.63) is 108 Å². The molecule has 1 saturated carbocycles. The van der Waals surface area contributed by atoms with E-state index in [0.29, 0.717) is 6.04 Å².